The largest absolute Gasteiger partial charge is 0.345 e. The van der Waals surface area contributed by atoms with Crippen molar-refractivity contribution in [1.29, 1.82) is 0 Å². The van der Waals surface area contributed by atoms with Gasteiger partial charge in [-0.05, 0) is 18.2 Å². The van der Waals surface area contributed by atoms with Crippen molar-refractivity contribution < 1.29 is 9.59 Å². The van der Waals surface area contributed by atoms with Crippen LogP contribution >= 0.6 is 0 Å². The molecule has 4 heteroatoms. The Labute approximate surface area is 100 Å². The van der Waals surface area contributed by atoms with E-state index < -0.39 is 0 Å². The molecule has 0 saturated heterocycles. The van der Waals surface area contributed by atoms with Crippen molar-refractivity contribution in [2.75, 3.05) is 11.9 Å². The standard InChI is InChI=1S/C13H14N2O2/c1-10(16)14-8-4-6-12-5-3-7-13(9-12)15-11(2)17/h3,5,7,9H,8H2,1-2H3,(H,14,16)(H,15,17). The lowest BCUT2D eigenvalue weighted by Crippen LogP contribution is -2.19. The molecule has 1 rings (SSSR count). The Hall–Kier alpha value is -2.28. The summed E-state index contributed by atoms with van der Waals surface area (Å²) < 4.78 is 0. The Bertz CT molecular complexity index is 484. The highest BCUT2D eigenvalue weighted by atomic mass is 16.1. The normalized spacial score (nSPS) is 8.82. The van der Waals surface area contributed by atoms with E-state index in [1.165, 1.54) is 13.8 Å². The van der Waals surface area contributed by atoms with Crippen LogP contribution in [-0.4, -0.2) is 18.4 Å². The fourth-order valence-corrected chi connectivity index (χ4v) is 1.19. The number of rotatable bonds is 2. The average molecular weight is 230 g/mol. The van der Waals surface area contributed by atoms with Gasteiger partial charge in [0.05, 0.1) is 6.54 Å². The molecule has 1 aromatic carbocycles. The third kappa shape index (κ3) is 5.38. The van der Waals surface area contributed by atoms with E-state index in [0.29, 0.717) is 12.2 Å². The highest BCUT2D eigenvalue weighted by Crippen LogP contribution is 2.09. The van der Waals surface area contributed by atoms with Crippen LogP contribution in [0.4, 0.5) is 5.69 Å². The molecule has 2 amide bonds. The molecule has 4 nitrogen and oxygen atoms in total. The molecule has 0 radical (unpaired) electrons. The summed E-state index contributed by atoms with van der Waals surface area (Å²) in [7, 11) is 0. The highest BCUT2D eigenvalue weighted by Gasteiger charge is 1.95. The van der Waals surface area contributed by atoms with Crippen molar-refractivity contribution in [3.05, 3.63) is 29.8 Å². The Morgan fingerprint density at radius 1 is 1.24 bits per heavy atom. The maximum Gasteiger partial charge on any atom is 0.221 e. The van der Waals surface area contributed by atoms with Crippen molar-refractivity contribution in [3.8, 4) is 11.8 Å². The first-order valence-corrected chi connectivity index (χ1v) is 5.19. The van der Waals surface area contributed by atoms with Gasteiger partial charge in [-0.25, -0.2) is 0 Å². The molecule has 0 atom stereocenters. The molecule has 0 aliphatic heterocycles. The minimum absolute atomic E-state index is 0.105. The number of hydrogen-bond donors (Lipinski definition) is 2. The predicted octanol–water partition coefficient (Wildman–Crippen LogP) is 1.13. The molecule has 0 aliphatic carbocycles. The molecule has 0 aliphatic rings. The van der Waals surface area contributed by atoms with Gasteiger partial charge in [-0.1, -0.05) is 17.9 Å². The number of carbonyl (C=O) groups excluding carboxylic acids is 2. The average Bonchev–Trinajstić information content (AvgIpc) is 2.24. The zero-order chi connectivity index (χ0) is 12.7. The minimum atomic E-state index is -0.117. The number of anilines is 1. The molecule has 2 N–H and O–H groups in total. The van der Waals surface area contributed by atoms with Gasteiger partial charge in [0.25, 0.3) is 0 Å². The van der Waals surface area contributed by atoms with E-state index in [2.05, 4.69) is 22.5 Å². The fourth-order valence-electron chi connectivity index (χ4n) is 1.19. The Morgan fingerprint density at radius 2 is 2.00 bits per heavy atom. The van der Waals surface area contributed by atoms with Gasteiger partial charge in [-0.15, -0.1) is 0 Å². The van der Waals surface area contributed by atoms with Crippen molar-refractivity contribution in [1.82, 2.24) is 5.32 Å². The van der Waals surface area contributed by atoms with Gasteiger partial charge in [-0.2, -0.15) is 0 Å². The van der Waals surface area contributed by atoms with Crippen LogP contribution in [0.2, 0.25) is 0 Å². The molecule has 17 heavy (non-hydrogen) atoms. The van der Waals surface area contributed by atoms with Crippen LogP contribution in [0.25, 0.3) is 0 Å². The van der Waals surface area contributed by atoms with Crippen LogP contribution in [0, 0.1) is 11.8 Å². The molecule has 1 aromatic rings. The maximum absolute atomic E-state index is 10.9. The van der Waals surface area contributed by atoms with Crippen molar-refractivity contribution in [2.45, 2.75) is 13.8 Å². The van der Waals surface area contributed by atoms with Gasteiger partial charge >= 0.3 is 0 Å². The van der Waals surface area contributed by atoms with E-state index in [4.69, 9.17) is 0 Å². The number of amides is 2. The van der Waals surface area contributed by atoms with Crippen LogP contribution in [-0.2, 0) is 9.59 Å². The summed E-state index contributed by atoms with van der Waals surface area (Å²) in [5.74, 6) is 5.49. The van der Waals surface area contributed by atoms with Crippen molar-refractivity contribution in [2.24, 2.45) is 0 Å². The molecular formula is C13H14N2O2. The Balaban J connectivity index is 2.65. The second-order valence-electron chi connectivity index (χ2n) is 3.47. The third-order valence-electron chi connectivity index (χ3n) is 1.84. The third-order valence-corrected chi connectivity index (χ3v) is 1.84. The van der Waals surface area contributed by atoms with Gasteiger partial charge in [0.2, 0.25) is 11.8 Å². The van der Waals surface area contributed by atoms with E-state index in [1.807, 2.05) is 12.1 Å². The first kappa shape index (κ1) is 12.8. The molecular weight excluding hydrogens is 216 g/mol. The minimum Gasteiger partial charge on any atom is -0.345 e. The molecule has 0 saturated carbocycles. The van der Waals surface area contributed by atoms with Gasteiger partial charge in [0.1, 0.15) is 0 Å². The van der Waals surface area contributed by atoms with E-state index in [-0.39, 0.29) is 11.8 Å². The van der Waals surface area contributed by atoms with Crippen LogP contribution in [0.5, 0.6) is 0 Å². The molecule has 0 bridgehead atoms. The van der Waals surface area contributed by atoms with Gasteiger partial charge < -0.3 is 10.6 Å². The zero-order valence-corrected chi connectivity index (χ0v) is 9.83. The summed E-state index contributed by atoms with van der Waals surface area (Å²) in [6.45, 7) is 3.22. The molecule has 88 valence electrons. The van der Waals surface area contributed by atoms with E-state index >= 15 is 0 Å². The summed E-state index contributed by atoms with van der Waals surface area (Å²) in [6, 6.07) is 7.22. The molecule has 0 aromatic heterocycles. The zero-order valence-electron chi connectivity index (χ0n) is 9.83. The lowest BCUT2D eigenvalue weighted by atomic mass is 10.2. The lowest BCUT2D eigenvalue weighted by molar-refractivity contribution is -0.118. The summed E-state index contributed by atoms with van der Waals surface area (Å²) in [5, 5.41) is 5.26. The molecule has 0 fully saturated rings. The second kappa shape index (κ2) is 6.33. The monoisotopic (exact) mass is 230 g/mol. The van der Waals surface area contributed by atoms with Crippen LogP contribution < -0.4 is 10.6 Å². The SMILES string of the molecule is CC(=O)NCC#Cc1cccc(NC(C)=O)c1. The summed E-state index contributed by atoms with van der Waals surface area (Å²) in [5.41, 5.74) is 1.51. The highest BCUT2D eigenvalue weighted by molar-refractivity contribution is 5.88. The van der Waals surface area contributed by atoms with Gasteiger partial charge in [-0.3, -0.25) is 9.59 Å². The Morgan fingerprint density at radius 3 is 2.65 bits per heavy atom. The van der Waals surface area contributed by atoms with Gasteiger partial charge in [0.15, 0.2) is 0 Å². The summed E-state index contributed by atoms with van der Waals surface area (Å²) >= 11 is 0. The van der Waals surface area contributed by atoms with Crippen LogP contribution in [0.1, 0.15) is 19.4 Å². The molecule has 0 unspecified atom stereocenters. The number of carbonyl (C=O) groups is 2. The number of hydrogen-bond acceptors (Lipinski definition) is 2. The van der Waals surface area contributed by atoms with Crippen molar-refractivity contribution in [3.63, 3.8) is 0 Å². The van der Waals surface area contributed by atoms with E-state index in [0.717, 1.165) is 5.56 Å². The summed E-state index contributed by atoms with van der Waals surface area (Å²) in [4.78, 5) is 21.5. The quantitative estimate of drug-likeness (QED) is 0.748. The number of nitrogens with one attached hydrogen (secondary N) is 2. The maximum atomic E-state index is 10.9. The predicted molar refractivity (Wildman–Crippen MR) is 66.3 cm³/mol. The van der Waals surface area contributed by atoms with Crippen molar-refractivity contribution >= 4 is 17.5 Å². The van der Waals surface area contributed by atoms with E-state index in [1.54, 1.807) is 12.1 Å². The van der Waals surface area contributed by atoms with Gasteiger partial charge in [0, 0.05) is 25.1 Å². The van der Waals surface area contributed by atoms with Crippen LogP contribution in [0.15, 0.2) is 24.3 Å². The van der Waals surface area contributed by atoms with Crippen LogP contribution in [0.3, 0.4) is 0 Å². The smallest absolute Gasteiger partial charge is 0.221 e. The second-order valence-corrected chi connectivity index (χ2v) is 3.47. The van der Waals surface area contributed by atoms with E-state index in [9.17, 15) is 9.59 Å². The number of benzene rings is 1. The summed E-state index contributed by atoms with van der Waals surface area (Å²) in [6.07, 6.45) is 0. The molecule has 0 spiro atoms. The molecule has 0 heterocycles. The fraction of sp³-hybridized carbons (Fsp3) is 0.231. The topological polar surface area (TPSA) is 58.2 Å². The first-order valence-electron chi connectivity index (χ1n) is 5.19. The first-order chi connectivity index (χ1) is 8.08. The lowest BCUT2D eigenvalue weighted by Gasteiger charge is -2.01. The Kier molecular flexibility index (Phi) is 4.77.